The van der Waals surface area contributed by atoms with Gasteiger partial charge in [0.25, 0.3) is 5.91 Å². The average molecular weight is 475 g/mol. The Kier molecular flexibility index (Phi) is 5.74. The topological polar surface area (TPSA) is 92.7 Å². The van der Waals surface area contributed by atoms with Gasteiger partial charge >= 0.3 is 0 Å². The number of nitrogens with one attached hydrogen (secondary N) is 1. The Bertz CT molecular complexity index is 1260. The highest BCUT2D eigenvalue weighted by Crippen LogP contribution is 2.47. The third-order valence-corrected chi connectivity index (χ3v) is 7.17. The molecule has 6 rings (SSSR count). The van der Waals surface area contributed by atoms with Crippen LogP contribution in [-0.2, 0) is 9.47 Å². The molecule has 4 heterocycles. The molecule has 2 aliphatic heterocycles. The summed E-state index contributed by atoms with van der Waals surface area (Å²) in [7, 11) is 1.63. The molecule has 9 heteroatoms. The molecule has 3 aliphatic rings. The number of rotatable bonds is 4. The van der Waals surface area contributed by atoms with Crippen molar-refractivity contribution < 1.29 is 14.3 Å². The number of fused-ring (bicyclic) bond motifs is 1. The van der Waals surface area contributed by atoms with Gasteiger partial charge in [-0.15, -0.1) is 0 Å². The summed E-state index contributed by atoms with van der Waals surface area (Å²) in [6.45, 7) is 6.10. The number of benzene rings is 1. The fourth-order valence-corrected chi connectivity index (χ4v) is 4.91. The van der Waals surface area contributed by atoms with Gasteiger partial charge in [-0.1, -0.05) is 12.1 Å². The van der Waals surface area contributed by atoms with Crippen molar-refractivity contribution in [2.24, 2.45) is 5.41 Å². The fourth-order valence-electron chi connectivity index (χ4n) is 4.91. The number of carbonyl (C=O) groups is 1. The maximum Gasteiger partial charge on any atom is 0.251 e. The number of hydrogen-bond donors (Lipinski definition) is 1. The van der Waals surface area contributed by atoms with Gasteiger partial charge in [0.15, 0.2) is 5.65 Å². The van der Waals surface area contributed by atoms with Gasteiger partial charge in [0.2, 0.25) is 5.95 Å². The van der Waals surface area contributed by atoms with Crippen molar-refractivity contribution in [2.75, 3.05) is 69.5 Å². The van der Waals surface area contributed by atoms with Gasteiger partial charge in [0.1, 0.15) is 5.82 Å². The zero-order chi connectivity index (χ0) is 23.8. The van der Waals surface area contributed by atoms with E-state index < -0.39 is 0 Å². The van der Waals surface area contributed by atoms with E-state index in [0.717, 1.165) is 55.2 Å². The number of hydrogen-bond acceptors (Lipinski definition) is 8. The number of carbonyl (C=O) groups excluding carboxylic acids is 1. The summed E-state index contributed by atoms with van der Waals surface area (Å²) in [6.07, 6.45) is 2.38. The minimum Gasteiger partial charge on any atom is -0.379 e. The Morgan fingerprint density at radius 1 is 0.971 bits per heavy atom. The highest BCUT2D eigenvalue weighted by atomic mass is 16.5. The molecule has 1 N–H and O–H groups in total. The Morgan fingerprint density at radius 3 is 2.57 bits per heavy atom. The first-order chi connectivity index (χ1) is 17.1. The minimum atomic E-state index is -0.121. The van der Waals surface area contributed by atoms with Gasteiger partial charge in [-0.3, -0.25) is 4.79 Å². The summed E-state index contributed by atoms with van der Waals surface area (Å²) >= 11 is 0. The van der Waals surface area contributed by atoms with Crippen molar-refractivity contribution in [2.45, 2.75) is 12.8 Å². The fraction of sp³-hybridized carbons (Fsp3) is 0.462. The largest absolute Gasteiger partial charge is 0.379 e. The molecule has 1 saturated carbocycles. The monoisotopic (exact) mass is 474 g/mol. The maximum atomic E-state index is 12.2. The van der Waals surface area contributed by atoms with Gasteiger partial charge in [-0.2, -0.15) is 9.97 Å². The second kappa shape index (κ2) is 9.05. The molecule has 1 spiro atoms. The Hall–Kier alpha value is -3.30. The van der Waals surface area contributed by atoms with Crippen LogP contribution in [0.1, 0.15) is 23.2 Å². The maximum absolute atomic E-state index is 12.2. The number of amides is 1. The lowest BCUT2D eigenvalue weighted by Gasteiger charge is -2.30. The summed E-state index contributed by atoms with van der Waals surface area (Å²) in [5.74, 6) is 1.49. The molecule has 35 heavy (non-hydrogen) atoms. The van der Waals surface area contributed by atoms with Crippen LogP contribution in [0.2, 0.25) is 0 Å². The minimum absolute atomic E-state index is 0.121. The lowest BCUT2D eigenvalue weighted by atomic mass is 10.1. The molecule has 1 aromatic carbocycles. The molecule has 3 fully saturated rings. The number of morpholine rings is 1. The molecule has 1 amide bonds. The van der Waals surface area contributed by atoms with Crippen molar-refractivity contribution in [1.82, 2.24) is 20.3 Å². The molecular weight excluding hydrogens is 444 g/mol. The van der Waals surface area contributed by atoms with E-state index in [9.17, 15) is 4.79 Å². The second-order valence-corrected chi connectivity index (χ2v) is 9.65. The van der Waals surface area contributed by atoms with Crippen molar-refractivity contribution in [1.29, 1.82) is 0 Å². The van der Waals surface area contributed by atoms with Crippen LogP contribution in [0.25, 0.3) is 22.3 Å². The number of anilines is 2. The van der Waals surface area contributed by atoms with E-state index in [4.69, 9.17) is 24.4 Å². The zero-order valence-corrected chi connectivity index (χ0v) is 20.0. The standard InChI is InChI=1S/C26H30N6O3/c1-27-24(33)19-4-2-3-18(15-19)21-6-5-20-22(28-21)29-25(30-23(20)31-9-12-34-13-10-31)32-11-14-35-17-26(16-32)7-8-26/h2-6,15H,7-14,16-17H2,1H3,(H,27,33). The number of ether oxygens (including phenoxy) is 2. The summed E-state index contributed by atoms with van der Waals surface area (Å²) < 4.78 is 11.5. The van der Waals surface area contributed by atoms with E-state index in [0.29, 0.717) is 37.0 Å². The molecule has 2 aromatic heterocycles. The van der Waals surface area contributed by atoms with Gasteiger partial charge in [0, 0.05) is 49.8 Å². The molecule has 9 nitrogen and oxygen atoms in total. The average Bonchev–Trinajstić information content (AvgIpc) is 3.72. The number of nitrogens with zero attached hydrogens (tertiary/aromatic N) is 5. The summed E-state index contributed by atoms with van der Waals surface area (Å²) in [6, 6.07) is 11.5. The lowest BCUT2D eigenvalue weighted by molar-refractivity contribution is 0.0963. The predicted molar refractivity (Wildman–Crippen MR) is 134 cm³/mol. The first kappa shape index (κ1) is 22.2. The van der Waals surface area contributed by atoms with E-state index in [1.54, 1.807) is 13.1 Å². The van der Waals surface area contributed by atoms with E-state index in [-0.39, 0.29) is 11.3 Å². The van der Waals surface area contributed by atoms with Crippen LogP contribution in [0.4, 0.5) is 11.8 Å². The van der Waals surface area contributed by atoms with Crippen molar-refractivity contribution in [3.8, 4) is 11.3 Å². The van der Waals surface area contributed by atoms with Gasteiger partial charge < -0.3 is 24.6 Å². The van der Waals surface area contributed by atoms with Gasteiger partial charge in [-0.25, -0.2) is 4.98 Å². The molecular formula is C26H30N6O3. The lowest BCUT2D eigenvalue weighted by Crippen LogP contribution is -2.38. The second-order valence-electron chi connectivity index (χ2n) is 9.65. The van der Waals surface area contributed by atoms with E-state index in [1.807, 2.05) is 30.3 Å². The van der Waals surface area contributed by atoms with Gasteiger partial charge in [-0.05, 0) is 37.1 Å². The summed E-state index contributed by atoms with van der Waals surface area (Å²) in [4.78, 5) is 31.7. The molecule has 0 bridgehead atoms. The Morgan fingerprint density at radius 2 is 1.77 bits per heavy atom. The van der Waals surface area contributed by atoms with E-state index in [2.05, 4.69) is 15.1 Å². The quantitative estimate of drug-likeness (QED) is 0.617. The first-order valence-corrected chi connectivity index (χ1v) is 12.3. The molecule has 0 unspecified atom stereocenters. The SMILES string of the molecule is CNC(=O)c1cccc(-c2ccc3c(N4CCOCC4)nc(N4CCOCC5(CC5)C4)nc3n2)c1. The van der Waals surface area contributed by atoms with Crippen molar-refractivity contribution in [3.05, 3.63) is 42.0 Å². The highest BCUT2D eigenvalue weighted by Gasteiger charge is 2.46. The summed E-state index contributed by atoms with van der Waals surface area (Å²) in [5.41, 5.74) is 3.15. The van der Waals surface area contributed by atoms with E-state index >= 15 is 0 Å². The molecule has 3 aromatic rings. The molecule has 1 aliphatic carbocycles. The van der Waals surface area contributed by atoms with Crippen LogP contribution in [0.15, 0.2) is 36.4 Å². The number of pyridine rings is 1. The number of aromatic nitrogens is 3. The zero-order valence-electron chi connectivity index (χ0n) is 20.0. The first-order valence-electron chi connectivity index (χ1n) is 12.3. The highest BCUT2D eigenvalue weighted by molar-refractivity contribution is 5.95. The van der Waals surface area contributed by atoms with Crippen LogP contribution in [0, 0.1) is 5.41 Å². The third-order valence-electron chi connectivity index (χ3n) is 7.17. The molecule has 182 valence electrons. The Labute approximate surface area is 204 Å². The molecule has 0 atom stereocenters. The van der Waals surface area contributed by atoms with Crippen LogP contribution in [0.3, 0.4) is 0 Å². The predicted octanol–water partition coefficient (Wildman–Crippen LogP) is 2.50. The smallest absolute Gasteiger partial charge is 0.251 e. The van der Waals surface area contributed by atoms with Crippen molar-refractivity contribution >= 4 is 28.7 Å². The van der Waals surface area contributed by atoms with Crippen LogP contribution in [0.5, 0.6) is 0 Å². The van der Waals surface area contributed by atoms with Gasteiger partial charge in [0.05, 0.1) is 37.5 Å². The molecule has 2 saturated heterocycles. The van der Waals surface area contributed by atoms with Crippen LogP contribution < -0.4 is 15.1 Å². The van der Waals surface area contributed by atoms with E-state index in [1.165, 1.54) is 12.8 Å². The van der Waals surface area contributed by atoms with Crippen LogP contribution >= 0.6 is 0 Å². The van der Waals surface area contributed by atoms with Crippen molar-refractivity contribution in [3.63, 3.8) is 0 Å². The van der Waals surface area contributed by atoms with Crippen LogP contribution in [-0.4, -0.2) is 80.5 Å². The third kappa shape index (κ3) is 4.41. The Balaban J connectivity index is 1.44. The molecule has 0 radical (unpaired) electrons. The normalized spacial score (nSPS) is 19.6. The summed E-state index contributed by atoms with van der Waals surface area (Å²) in [5, 5.41) is 3.61.